The van der Waals surface area contributed by atoms with E-state index in [-0.39, 0.29) is 30.5 Å². The largest absolute Gasteiger partial charge is 0.380 e. The minimum atomic E-state index is -0.328. The minimum Gasteiger partial charge on any atom is -0.380 e. The molecule has 4 nitrogen and oxygen atoms in total. The number of amides is 1. The predicted molar refractivity (Wildman–Crippen MR) is 66.7 cm³/mol. The summed E-state index contributed by atoms with van der Waals surface area (Å²) in [6, 6.07) is -0.328. The van der Waals surface area contributed by atoms with E-state index in [0.717, 1.165) is 32.2 Å². The predicted octanol–water partition coefficient (Wildman–Crippen LogP) is 1.17. The van der Waals surface area contributed by atoms with E-state index in [1.807, 2.05) is 11.8 Å². The molecule has 96 valence electrons. The number of nitrogens with zero attached hydrogens (tertiary/aromatic N) is 1. The van der Waals surface area contributed by atoms with Crippen LogP contribution in [-0.4, -0.2) is 43.2 Å². The Hall–Kier alpha value is -0.320. The molecule has 1 amide bonds. The maximum Gasteiger partial charge on any atom is 0.239 e. The molecule has 0 spiro atoms. The molecule has 0 aromatic heterocycles. The highest BCUT2D eigenvalue weighted by molar-refractivity contribution is 5.85. The van der Waals surface area contributed by atoms with Gasteiger partial charge in [0, 0.05) is 20.2 Å². The molecule has 2 N–H and O–H groups in total. The van der Waals surface area contributed by atoms with Crippen molar-refractivity contribution in [2.24, 2.45) is 5.73 Å². The van der Waals surface area contributed by atoms with Gasteiger partial charge in [0.25, 0.3) is 0 Å². The molecule has 2 atom stereocenters. The van der Waals surface area contributed by atoms with Crippen molar-refractivity contribution in [2.45, 2.75) is 44.8 Å². The molecular formula is C11H23ClN2O2. The summed E-state index contributed by atoms with van der Waals surface area (Å²) >= 11 is 0. The first kappa shape index (κ1) is 15.7. The lowest BCUT2D eigenvalue weighted by Gasteiger charge is -2.33. The number of carbonyl (C=O) groups is 1. The average molecular weight is 251 g/mol. The highest BCUT2D eigenvalue weighted by atomic mass is 35.5. The third-order valence-corrected chi connectivity index (χ3v) is 2.94. The van der Waals surface area contributed by atoms with Gasteiger partial charge in [-0.3, -0.25) is 4.79 Å². The summed E-state index contributed by atoms with van der Waals surface area (Å²) in [5.41, 5.74) is 5.81. The molecule has 0 aromatic rings. The van der Waals surface area contributed by atoms with Crippen LogP contribution in [0.1, 0.15) is 32.6 Å². The summed E-state index contributed by atoms with van der Waals surface area (Å²) < 4.78 is 5.28. The Morgan fingerprint density at radius 2 is 2.31 bits per heavy atom. The fourth-order valence-electron chi connectivity index (χ4n) is 2.00. The van der Waals surface area contributed by atoms with Crippen molar-refractivity contribution in [3.05, 3.63) is 0 Å². The van der Waals surface area contributed by atoms with E-state index < -0.39 is 0 Å². The van der Waals surface area contributed by atoms with E-state index in [4.69, 9.17) is 10.5 Å². The van der Waals surface area contributed by atoms with Crippen LogP contribution in [0.2, 0.25) is 0 Å². The maximum absolute atomic E-state index is 11.9. The number of rotatable bonds is 4. The minimum absolute atomic E-state index is 0. The monoisotopic (exact) mass is 250 g/mol. The van der Waals surface area contributed by atoms with Crippen molar-refractivity contribution < 1.29 is 9.53 Å². The number of carbonyl (C=O) groups excluding carboxylic acids is 1. The molecule has 1 aliphatic rings. The van der Waals surface area contributed by atoms with Crippen molar-refractivity contribution in [1.82, 2.24) is 4.90 Å². The molecule has 0 saturated carbocycles. The van der Waals surface area contributed by atoms with Crippen molar-refractivity contribution >= 4 is 18.3 Å². The van der Waals surface area contributed by atoms with Gasteiger partial charge in [-0.05, 0) is 19.3 Å². The Bertz CT molecular complexity index is 214. The quantitative estimate of drug-likeness (QED) is 0.815. The number of ether oxygens (including phenoxy) is 1. The first-order valence-electron chi connectivity index (χ1n) is 5.76. The van der Waals surface area contributed by atoms with Crippen LogP contribution in [0.5, 0.6) is 0 Å². The lowest BCUT2D eigenvalue weighted by molar-refractivity contribution is -0.136. The van der Waals surface area contributed by atoms with E-state index >= 15 is 0 Å². The Morgan fingerprint density at radius 3 is 2.88 bits per heavy atom. The van der Waals surface area contributed by atoms with Gasteiger partial charge in [0.2, 0.25) is 5.91 Å². The third kappa shape index (κ3) is 4.28. The molecule has 0 bridgehead atoms. The standard InChI is InChI=1S/C11H22N2O2.ClH/c1-3-5-10(12)11(14)13-7-4-6-9(8-13)15-2;/h9-10H,3-8,12H2,1-2H3;1H. The molecule has 1 fully saturated rings. The summed E-state index contributed by atoms with van der Waals surface area (Å²) in [5.74, 6) is 0.0820. The van der Waals surface area contributed by atoms with Crippen molar-refractivity contribution in [3.8, 4) is 0 Å². The first-order valence-corrected chi connectivity index (χ1v) is 5.76. The summed E-state index contributed by atoms with van der Waals surface area (Å²) in [5, 5.41) is 0. The van der Waals surface area contributed by atoms with E-state index in [2.05, 4.69) is 0 Å². The molecule has 1 heterocycles. The van der Waals surface area contributed by atoms with Gasteiger partial charge >= 0.3 is 0 Å². The number of piperidine rings is 1. The Morgan fingerprint density at radius 1 is 1.62 bits per heavy atom. The van der Waals surface area contributed by atoms with Gasteiger partial charge < -0.3 is 15.4 Å². The van der Waals surface area contributed by atoms with Crippen molar-refractivity contribution in [1.29, 1.82) is 0 Å². The Labute approximate surface area is 104 Å². The van der Waals surface area contributed by atoms with Crippen LogP contribution >= 0.6 is 12.4 Å². The summed E-state index contributed by atoms with van der Waals surface area (Å²) in [7, 11) is 1.70. The second-order valence-electron chi connectivity index (χ2n) is 4.18. The number of methoxy groups -OCH3 is 1. The van der Waals surface area contributed by atoms with Crippen molar-refractivity contribution in [2.75, 3.05) is 20.2 Å². The topological polar surface area (TPSA) is 55.6 Å². The second-order valence-corrected chi connectivity index (χ2v) is 4.18. The molecule has 16 heavy (non-hydrogen) atoms. The molecule has 1 aliphatic heterocycles. The van der Waals surface area contributed by atoms with Gasteiger partial charge in [-0.15, -0.1) is 12.4 Å². The van der Waals surface area contributed by atoms with Crippen LogP contribution in [0, 0.1) is 0 Å². The fraction of sp³-hybridized carbons (Fsp3) is 0.909. The van der Waals surface area contributed by atoms with Gasteiger partial charge in [0.15, 0.2) is 0 Å². The number of halogens is 1. The molecule has 0 aliphatic carbocycles. The molecule has 5 heteroatoms. The molecule has 0 radical (unpaired) electrons. The Balaban J connectivity index is 0.00000225. The summed E-state index contributed by atoms with van der Waals surface area (Å²) in [6.07, 6.45) is 3.98. The Kier molecular flexibility index (Phi) is 7.72. The van der Waals surface area contributed by atoms with Crippen LogP contribution in [0.4, 0.5) is 0 Å². The lowest BCUT2D eigenvalue weighted by atomic mass is 10.1. The van der Waals surface area contributed by atoms with Crippen molar-refractivity contribution in [3.63, 3.8) is 0 Å². The number of hydrogen-bond acceptors (Lipinski definition) is 3. The van der Waals surface area contributed by atoms with E-state index in [9.17, 15) is 4.79 Å². The number of nitrogens with two attached hydrogens (primary N) is 1. The van der Waals surface area contributed by atoms with Gasteiger partial charge in [0.1, 0.15) is 0 Å². The zero-order valence-electron chi connectivity index (χ0n) is 10.1. The van der Waals surface area contributed by atoms with Crippen LogP contribution in [0.15, 0.2) is 0 Å². The molecule has 0 aromatic carbocycles. The molecular weight excluding hydrogens is 228 g/mol. The average Bonchev–Trinajstić information content (AvgIpc) is 2.28. The normalized spacial score (nSPS) is 22.4. The highest BCUT2D eigenvalue weighted by Crippen LogP contribution is 2.13. The SMILES string of the molecule is CCCC(N)C(=O)N1CCCC(OC)C1.Cl. The molecule has 1 rings (SSSR count). The first-order chi connectivity index (χ1) is 7.19. The maximum atomic E-state index is 11.9. The number of hydrogen-bond donors (Lipinski definition) is 1. The second kappa shape index (κ2) is 7.87. The lowest BCUT2D eigenvalue weighted by Crippen LogP contribution is -2.49. The fourth-order valence-corrected chi connectivity index (χ4v) is 2.00. The zero-order chi connectivity index (χ0) is 11.3. The number of likely N-dealkylation sites (tertiary alicyclic amines) is 1. The van der Waals surface area contributed by atoms with Gasteiger partial charge in [-0.1, -0.05) is 13.3 Å². The van der Waals surface area contributed by atoms with Gasteiger partial charge in [-0.2, -0.15) is 0 Å². The van der Waals surface area contributed by atoms with Crippen LogP contribution in [0.3, 0.4) is 0 Å². The van der Waals surface area contributed by atoms with Gasteiger partial charge in [0.05, 0.1) is 12.1 Å². The summed E-state index contributed by atoms with van der Waals surface area (Å²) in [6.45, 7) is 3.57. The van der Waals surface area contributed by atoms with Gasteiger partial charge in [-0.25, -0.2) is 0 Å². The van der Waals surface area contributed by atoms with Crippen LogP contribution in [-0.2, 0) is 9.53 Å². The summed E-state index contributed by atoms with van der Waals surface area (Å²) in [4.78, 5) is 13.7. The smallest absolute Gasteiger partial charge is 0.239 e. The van der Waals surface area contributed by atoms with Crippen LogP contribution < -0.4 is 5.73 Å². The van der Waals surface area contributed by atoms with Crippen LogP contribution in [0.25, 0.3) is 0 Å². The molecule has 1 saturated heterocycles. The molecule has 2 unspecified atom stereocenters. The zero-order valence-corrected chi connectivity index (χ0v) is 11.0. The van der Waals surface area contributed by atoms with E-state index in [1.54, 1.807) is 7.11 Å². The van der Waals surface area contributed by atoms with E-state index in [1.165, 1.54) is 0 Å². The third-order valence-electron chi connectivity index (χ3n) is 2.94. The van der Waals surface area contributed by atoms with E-state index in [0.29, 0.717) is 6.54 Å². The highest BCUT2D eigenvalue weighted by Gasteiger charge is 2.26.